The van der Waals surface area contributed by atoms with Gasteiger partial charge in [0.15, 0.2) is 11.5 Å². The minimum atomic E-state index is -0.919. The van der Waals surface area contributed by atoms with E-state index in [-0.39, 0.29) is 16.7 Å². The molecule has 1 aromatic heterocycles. The minimum Gasteiger partial charge on any atom is -0.493 e. The molecule has 3 rings (SSSR count). The summed E-state index contributed by atoms with van der Waals surface area (Å²) >= 11 is 0. The molecule has 27 heavy (non-hydrogen) atoms. The second kappa shape index (κ2) is 7.63. The fourth-order valence-corrected chi connectivity index (χ4v) is 2.99. The van der Waals surface area contributed by atoms with Crippen LogP contribution in [0.1, 0.15) is 24.6 Å². The molecule has 0 saturated carbocycles. The lowest BCUT2D eigenvalue weighted by atomic mass is 10.0. The van der Waals surface area contributed by atoms with Crippen molar-refractivity contribution in [1.29, 1.82) is 0 Å². The molecule has 0 aliphatic heterocycles. The number of rotatable bonds is 6. The molecule has 1 heterocycles. The highest BCUT2D eigenvalue weighted by Gasteiger charge is 2.24. The van der Waals surface area contributed by atoms with Crippen molar-refractivity contribution in [2.45, 2.75) is 19.1 Å². The number of methoxy groups -OCH3 is 3. The van der Waals surface area contributed by atoms with Crippen molar-refractivity contribution in [2.75, 3.05) is 21.3 Å². The van der Waals surface area contributed by atoms with E-state index in [2.05, 4.69) is 10.3 Å². The van der Waals surface area contributed by atoms with Crippen LogP contribution in [0, 0.1) is 0 Å². The number of ether oxygens (including phenoxy) is 3. The van der Waals surface area contributed by atoms with Crippen LogP contribution in [0.5, 0.6) is 17.2 Å². The Kier molecular flexibility index (Phi) is 5.27. The summed E-state index contributed by atoms with van der Waals surface area (Å²) in [7, 11) is 4.39. The fourth-order valence-electron chi connectivity index (χ4n) is 2.99. The molecule has 2 aromatic carbocycles. The first-order valence-corrected chi connectivity index (χ1v) is 8.34. The van der Waals surface area contributed by atoms with Gasteiger partial charge in [-0.15, -0.1) is 5.10 Å². The quantitative estimate of drug-likeness (QED) is 0.709. The SMILES string of the molecule is COc1cc2c(=O)n(C(C)C(O)c3ccccc3)nnc2c(OC)c1OC. The summed E-state index contributed by atoms with van der Waals surface area (Å²) in [6.07, 6.45) is -0.919. The van der Waals surface area contributed by atoms with Gasteiger partial charge in [-0.05, 0) is 18.6 Å². The maximum absolute atomic E-state index is 13.0. The Morgan fingerprint density at radius 2 is 1.70 bits per heavy atom. The third kappa shape index (κ3) is 3.19. The summed E-state index contributed by atoms with van der Waals surface area (Å²) in [6.45, 7) is 1.71. The van der Waals surface area contributed by atoms with E-state index in [0.717, 1.165) is 4.68 Å². The lowest BCUT2D eigenvalue weighted by molar-refractivity contribution is 0.111. The molecule has 2 atom stereocenters. The summed E-state index contributed by atoms with van der Waals surface area (Å²) in [5, 5.41) is 19.0. The number of aliphatic hydroxyl groups is 1. The highest BCUT2D eigenvalue weighted by atomic mass is 16.5. The van der Waals surface area contributed by atoms with E-state index in [1.54, 1.807) is 19.1 Å². The van der Waals surface area contributed by atoms with Gasteiger partial charge in [0.1, 0.15) is 11.6 Å². The molecule has 8 nitrogen and oxygen atoms in total. The van der Waals surface area contributed by atoms with Crippen molar-refractivity contribution in [3.8, 4) is 17.2 Å². The van der Waals surface area contributed by atoms with Crippen LogP contribution in [-0.2, 0) is 0 Å². The molecule has 0 radical (unpaired) electrons. The van der Waals surface area contributed by atoms with E-state index in [1.807, 2.05) is 18.2 Å². The smallest absolute Gasteiger partial charge is 0.278 e. The van der Waals surface area contributed by atoms with Gasteiger partial charge in [0, 0.05) is 0 Å². The fraction of sp³-hybridized carbons (Fsp3) is 0.316. The van der Waals surface area contributed by atoms with Crippen molar-refractivity contribution in [1.82, 2.24) is 15.0 Å². The molecule has 8 heteroatoms. The topological polar surface area (TPSA) is 95.7 Å². The van der Waals surface area contributed by atoms with E-state index in [4.69, 9.17) is 14.2 Å². The minimum absolute atomic E-state index is 0.256. The normalized spacial score (nSPS) is 13.2. The molecule has 0 aliphatic carbocycles. The molecule has 0 saturated heterocycles. The number of aromatic nitrogens is 3. The van der Waals surface area contributed by atoms with Crippen LogP contribution in [0.4, 0.5) is 0 Å². The standard InChI is InChI=1S/C19H21N3O5/c1-11(16(23)12-8-6-5-7-9-12)22-19(24)13-10-14(25-2)17(26-3)18(27-4)15(13)20-21-22/h5-11,16,23H,1-4H3. The van der Waals surface area contributed by atoms with Gasteiger partial charge < -0.3 is 19.3 Å². The number of hydrogen-bond donors (Lipinski definition) is 1. The Hall–Kier alpha value is -3.13. The van der Waals surface area contributed by atoms with Crippen LogP contribution >= 0.6 is 0 Å². The predicted octanol–water partition coefficient (Wildman–Crippen LogP) is 2.11. The first-order valence-electron chi connectivity index (χ1n) is 8.34. The first-order chi connectivity index (χ1) is 13.0. The van der Waals surface area contributed by atoms with Gasteiger partial charge in [-0.25, -0.2) is 4.68 Å². The molecular weight excluding hydrogens is 350 g/mol. The summed E-state index contributed by atoms with van der Waals surface area (Å²) in [5.41, 5.74) is 0.531. The molecule has 2 unspecified atom stereocenters. The van der Waals surface area contributed by atoms with Crippen molar-refractivity contribution < 1.29 is 19.3 Å². The van der Waals surface area contributed by atoms with Crippen molar-refractivity contribution in [2.24, 2.45) is 0 Å². The van der Waals surface area contributed by atoms with Gasteiger partial charge in [-0.1, -0.05) is 35.5 Å². The summed E-state index contributed by atoms with van der Waals surface area (Å²) < 4.78 is 17.1. The molecule has 0 bridgehead atoms. The zero-order chi connectivity index (χ0) is 19.6. The molecule has 0 fully saturated rings. The highest BCUT2D eigenvalue weighted by molar-refractivity contribution is 5.88. The first kappa shape index (κ1) is 18.7. The molecule has 142 valence electrons. The Balaban J connectivity index is 2.16. The largest absolute Gasteiger partial charge is 0.493 e. The van der Waals surface area contributed by atoms with E-state index in [9.17, 15) is 9.90 Å². The number of benzene rings is 2. The van der Waals surface area contributed by atoms with Gasteiger partial charge in [-0.3, -0.25) is 4.79 Å². The van der Waals surface area contributed by atoms with Crippen LogP contribution < -0.4 is 19.8 Å². The second-order valence-electron chi connectivity index (χ2n) is 5.98. The predicted molar refractivity (Wildman–Crippen MR) is 99.6 cm³/mol. The Morgan fingerprint density at radius 3 is 2.30 bits per heavy atom. The number of fused-ring (bicyclic) bond motifs is 1. The molecule has 0 amide bonds. The van der Waals surface area contributed by atoms with Crippen LogP contribution in [0.15, 0.2) is 41.2 Å². The maximum atomic E-state index is 13.0. The van der Waals surface area contributed by atoms with Crippen LogP contribution in [-0.4, -0.2) is 41.4 Å². The second-order valence-corrected chi connectivity index (χ2v) is 5.98. The highest BCUT2D eigenvalue weighted by Crippen LogP contribution is 2.41. The van der Waals surface area contributed by atoms with Crippen molar-refractivity contribution >= 4 is 10.9 Å². The van der Waals surface area contributed by atoms with Gasteiger partial charge in [0.2, 0.25) is 5.75 Å². The number of aliphatic hydroxyl groups excluding tert-OH is 1. The summed E-state index contributed by atoms with van der Waals surface area (Å²) in [6, 6.07) is 9.98. The summed E-state index contributed by atoms with van der Waals surface area (Å²) in [5.74, 6) is 0.936. The lowest BCUT2D eigenvalue weighted by Gasteiger charge is -2.20. The van der Waals surface area contributed by atoms with Gasteiger partial charge in [-0.2, -0.15) is 0 Å². The number of nitrogens with zero attached hydrogens (tertiary/aromatic N) is 3. The molecule has 0 spiro atoms. The average Bonchev–Trinajstić information content (AvgIpc) is 2.72. The van der Waals surface area contributed by atoms with E-state index < -0.39 is 17.7 Å². The third-order valence-electron chi connectivity index (χ3n) is 4.47. The van der Waals surface area contributed by atoms with E-state index in [1.165, 1.54) is 27.4 Å². The molecule has 0 aliphatic rings. The monoisotopic (exact) mass is 371 g/mol. The Morgan fingerprint density at radius 1 is 1.04 bits per heavy atom. The zero-order valence-corrected chi connectivity index (χ0v) is 15.5. The van der Waals surface area contributed by atoms with Crippen molar-refractivity contribution in [3.05, 3.63) is 52.3 Å². The lowest BCUT2D eigenvalue weighted by Crippen LogP contribution is -2.30. The van der Waals surface area contributed by atoms with Gasteiger partial charge in [0.05, 0.1) is 32.8 Å². The summed E-state index contributed by atoms with van der Waals surface area (Å²) in [4.78, 5) is 13.0. The van der Waals surface area contributed by atoms with Crippen LogP contribution in [0.25, 0.3) is 10.9 Å². The molecule has 1 N–H and O–H groups in total. The Bertz CT molecular complexity index is 1000. The van der Waals surface area contributed by atoms with E-state index >= 15 is 0 Å². The van der Waals surface area contributed by atoms with E-state index in [0.29, 0.717) is 17.1 Å². The maximum Gasteiger partial charge on any atom is 0.278 e. The number of hydrogen-bond acceptors (Lipinski definition) is 7. The third-order valence-corrected chi connectivity index (χ3v) is 4.47. The zero-order valence-electron chi connectivity index (χ0n) is 15.5. The molecular formula is C19H21N3O5. The van der Waals surface area contributed by atoms with Gasteiger partial charge >= 0.3 is 0 Å². The average molecular weight is 371 g/mol. The Labute approximate surface area is 155 Å². The van der Waals surface area contributed by atoms with Crippen molar-refractivity contribution in [3.63, 3.8) is 0 Å². The van der Waals surface area contributed by atoms with Crippen LogP contribution in [0.3, 0.4) is 0 Å². The van der Waals surface area contributed by atoms with Crippen LogP contribution in [0.2, 0.25) is 0 Å². The van der Waals surface area contributed by atoms with Gasteiger partial charge in [0.25, 0.3) is 5.56 Å². The molecule has 3 aromatic rings.